The van der Waals surface area contributed by atoms with Gasteiger partial charge in [0.05, 0.1) is 18.0 Å². The molecule has 0 spiro atoms. The predicted molar refractivity (Wildman–Crippen MR) is 105 cm³/mol. The second-order valence-electron chi connectivity index (χ2n) is 8.79. The molecule has 2 saturated heterocycles. The lowest BCUT2D eigenvalue weighted by Gasteiger charge is -2.34. The van der Waals surface area contributed by atoms with Crippen LogP contribution in [0.2, 0.25) is 0 Å². The molecule has 0 bridgehead atoms. The minimum absolute atomic E-state index is 0.0306. The number of aryl methyl sites for hydroxylation is 2. The zero-order chi connectivity index (χ0) is 20.5. The second kappa shape index (κ2) is 8.16. The van der Waals surface area contributed by atoms with Gasteiger partial charge in [-0.2, -0.15) is 0 Å². The number of aromatic nitrogens is 1. The molecule has 3 aliphatic rings. The summed E-state index contributed by atoms with van der Waals surface area (Å²) < 4.78 is 5.15. The molecule has 0 aromatic carbocycles. The quantitative estimate of drug-likeness (QED) is 0.771. The Balaban J connectivity index is 1.23. The van der Waals surface area contributed by atoms with Gasteiger partial charge in [0.2, 0.25) is 17.7 Å². The summed E-state index contributed by atoms with van der Waals surface area (Å²) in [6.45, 7) is 6.33. The van der Waals surface area contributed by atoms with Gasteiger partial charge in [-0.3, -0.25) is 14.4 Å². The van der Waals surface area contributed by atoms with Gasteiger partial charge in [-0.15, -0.1) is 0 Å². The molecule has 8 nitrogen and oxygen atoms in total. The van der Waals surface area contributed by atoms with Crippen molar-refractivity contribution in [2.24, 2.45) is 11.8 Å². The molecular weight excluding hydrogens is 372 g/mol. The van der Waals surface area contributed by atoms with Gasteiger partial charge in [0.15, 0.2) is 0 Å². The van der Waals surface area contributed by atoms with Crippen LogP contribution in [0.25, 0.3) is 0 Å². The number of amides is 3. The number of piperidine rings is 1. The first-order chi connectivity index (χ1) is 13.9. The number of hydrogen-bond donors (Lipinski definition) is 1. The SMILES string of the molecule is Cc1noc(C)c1CC(=O)N1CCC(CN2CC(C(=O)NC3CC3)CC2=O)CC1. The Hall–Kier alpha value is -2.38. The van der Waals surface area contributed by atoms with Gasteiger partial charge in [-0.25, -0.2) is 0 Å². The fourth-order valence-electron chi connectivity index (χ4n) is 4.36. The van der Waals surface area contributed by atoms with E-state index < -0.39 is 0 Å². The van der Waals surface area contributed by atoms with E-state index in [1.165, 1.54) is 0 Å². The number of rotatable bonds is 6. The molecule has 2 aliphatic heterocycles. The largest absolute Gasteiger partial charge is 0.361 e. The van der Waals surface area contributed by atoms with Crippen molar-refractivity contribution in [1.29, 1.82) is 0 Å². The smallest absolute Gasteiger partial charge is 0.227 e. The summed E-state index contributed by atoms with van der Waals surface area (Å²) in [5, 5.41) is 6.93. The van der Waals surface area contributed by atoms with Crippen LogP contribution in [0.1, 0.15) is 49.1 Å². The van der Waals surface area contributed by atoms with Crippen molar-refractivity contribution < 1.29 is 18.9 Å². The molecule has 3 fully saturated rings. The maximum absolute atomic E-state index is 12.6. The summed E-state index contributed by atoms with van der Waals surface area (Å²) in [4.78, 5) is 41.0. The van der Waals surface area contributed by atoms with E-state index in [2.05, 4.69) is 10.5 Å². The number of carbonyl (C=O) groups excluding carboxylic acids is 3. The minimum Gasteiger partial charge on any atom is -0.361 e. The molecule has 3 amide bonds. The molecule has 1 N–H and O–H groups in total. The van der Waals surface area contributed by atoms with Crippen LogP contribution in [-0.2, 0) is 20.8 Å². The maximum atomic E-state index is 12.6. The summed E-state index contributed by atoms with van der Waals surface area (Å²) in [6, 6.07) is 0.332. The Morgan fingerprint density at radius 3 is 2.52 bits per heavy atom. The summed E-state index contributed by atoms with van der Waals surface area (Å²) >= 11 is 0. The predicted octanol–water partition coefficient (Wildman–Crippen LogP) is 1.20. The third kappa shape index (κ3) is 4.62. The Labute approximate surface area is 171 Å². The van der Waals surface area contributed by atoms with Crippen molar-refractivity contribution in [2.45, 2.75) is 58.4 Å². The molecule has 1 aromatic heterocycles. The van der Waals surface area contributed by atoms with E-state index in [0.717, 1.165) is 36.9 Å². The lowest BCUT2D eigenvalue weighted by molar-refractivity contribution is -0.133. The van der Waals surface area contributed by atoms with Gasteiger partial charge < -0.3 is 19.6 Å². The van der Waals surface area contributed by atoms with E-state index >= 15 is 0 Å². The molecular formula is C21H30N4O4. The zero-order valence-electron chi connectivity index (χ0n) is 17.3. The van der Waals surface area contributed by atoms with Gasteiger partial charge >= 0.3 is 0 Å². The van der Waals surface area contributed by atoms with E-state index in [1.54, 1.807) is 0 Å². The third-order valence-electron chi connectivity index (χ3n) is 6.46. The molecule has 1 saturated carbocycles. The van der Waals surface area contributed by atoms with Crippen molar-refractivity contribution in [3.63, 3.8) is 0 Å². The molecule has 3 heterocycles. The Morgan fingerprint density at radius 2 is 1.90 bits per heavy atom. The lowest BCUT2D eigenvalue weighted by atomic mass is 9.95. The van der Waals surface area contributed by atoms with E-state index in [1.807, 2.05) is 23.6 Å². The zero-order valence-corrected chi connectivity index (χ0v) is 17.3. The van der Waals surface area contributed by atoms with Crippen molar-refractivity contribution in [3.05, 3.63) is 17.0 Å². The van der Waals surface area contributed by atoms with Crippen LogP contribution < -0.4 is 5.32 Å². The molecule has 8 heteroatoms. The number of nitrogens with zero attached hydrogens (tertiary/aromatic N) is 3. The lowest BCUT2D eigenvalue weighted by Crippen LogP contribution is -2.42. The Bertz CT molecular complexity index is 773. The summed E-state index contributed by atoms with van der Waals surface area (Å²) in [7, 11) is 0. The highest BCUT2D eigenvalue weighted by Crippen LogP contribution is 2.26. The highest BCUT2D eigenvalue weighted by Gasteiger charge is 2.37. The number of likely N-dealkylation sites (tertiary alicyclic amines) is 2. The molecule has 4 rings (SSSR count). The molecule has 158 valence electrons. The van der Waals surface area contributed by atoms with E-state index in [9.17, 15) is 14.4 Å². The highest BCUT2D eigenvalue weighted by molar-refractivity contribution is 5.89. The second-order valence-corrected chi connectivity index (χ2v) is 8.79. The van der Waals surface area contributed by atoms with Crippen molar-refractivity contribution in [3.8, 4) is 0 Å². The molecule has 1 atom stereocenters. The minimum atomic E-state index is -0.209. The Morgan fingerprint density at radius 1 is 1.17 bits per heavy atom. The van der Waals surface area contributed by atoms with Gasteiger partial charge in [-0.1, -0.05) is 5.16 Å². The fraction of sp³-hybridized carbons (Fsp3) is 0.714. The van der Waals surface area contributed by atoms with Crippen molar-refractivity contribution in [1.82, 2.24) is 20.3 Å². The summed E-state index contributed by atoms with van der Waals surface area (Å²) in [6.07, 6.45) is 4.54. The molecule has 1 unspecified atom stereocenters. The monoisotopic (exact) mass is 402 g/mol. The topological polar surface area (TPSA) is 95.8 Å². The van der Waals surface area contributed by atoms with Crippen molar-refractivity contribution >= 4 is 17.7 Å². The summed E-state index contributed by atoms with van der Waals surface area (Å²) in [5.41, 5.74) is 1.66. The van der Waals surface area contributed by atoms with Crippen molar-refractivity contribution in [2.75, 3.05) is 26.2 Å². The van der Waals surface area contributed by atoms with Crippen LogP contribution in [0.4, 0.5) is 0 Å². The van der Waals surface area contributed by atoms with E-state index in [-0.39, 0.29) is 23.6 Å². The number of hydrogen-bond acceptors (Lipinski definition) is 5. The van der Waals surface area contributed by atoms with Crippen LogP contribution in [-0.4, -0.2) is 64.9 Å². The molecule has 29 heavy (non-hydrogen) atoms. The van der Waals surface area contributed by atoms with Gasteiger partial charge in [0.1, 0.15) is 5.76 Å². The fourth-order valence-corrected chi connectivity index (χ4v) is 4.36. The first-order valence-corrected chi connectivity index (χ1v) is 10.7. The highest BCUT2D eigenvalue weighted by atomic mass is 16.5. The Kier molecular flexibility index (Phi) is 5.61. The van der Waals surface area contributed by atoms with Crippen LogP contribution in [0.3, 0.4) is 0 Å². The first kappa shape index (κ1) is 19.9. The number of carbonyl (C=O) groups is 3. The van der Waals surface area contributed by atoms with Crippen LogP contribution in [0, 0.1) is 25.7 Å². The van der Waals surface area contributed by atoms with Crippen LogP contribution in [0.15, 0.2) is 4.52 Å². The van der Waals surface area contributed by atoms with Gasteiger partial charge in [0, 0.05) is 44.2 Å². The molecule has 0 radical (unpaired) electrons. The standard InChI is InChI=1S/C21H30N4O4/c1-13-18(14(2)29-23-13)10-20(27)24-7-5-15(6-8-24)11-25-12-16(9-19(25)26)21(28)22-17-3-4-17/h15-17H,3-12H2,1-2H3,(H,22,28). The van der Waals surface area contributed by atoms with Crippen LogP contribution in [0.5, 0.6) is 0 Å². The first-order valence-electron chi connectivity index (χ1n) is 10.7. The van der Waals surface area contributed by atoms with Gasteiger partial charge in [-0.05, 0) is 45.4 Å². The average Bonchev–Trinajstić information content (AvgIpc) is 3.37. The third-order valence-corrected chi connectivity index (χ3v) is 6.46. The molecule has 1 aliphatic carbocycles. The average molecular weight is 402 g/mol. The summed E-state index contributed by atoms with van der Waals surface area (Å²) in [5.74, 6) is 1.10. The molecule has 1 aromatic rings. The van der Waals surface area contributed by atoms with E-state index in [0.29, 0.717) is 56.7 Å². The number of nitrogens with one attached hydrogen (secondary N) is 1. The van der Waals surface area contributed by atoms with Crippen LogP contribution >= 0.6 is 0 Å². The van der Waals surface area contributed by atoms with Gasteiger partial charge in [0.25, 0.3) is 0 Å². The normalized spacial score (nSPS) is 23.0. The maximum Gasteiger partial charge on any atom is 0.227 e. The van der Waals surface area contributed by atoms with E-state index in [4.69, 9.17) is 4.52 Å².